The Morgan fingerprint density at radius 3 is 2.62 bits per heavy atom. The summed E-state index contributed by atoms with van der Waals surface area (Å²) in [5.41, 5.74) is 1.62. The zero-order chi connectivity index (χ0) is 26.2. The smallest absolute Gasteiger partial charge is 0.294 e. The van der Waals surface area contributed by atoms with Gasteiger partial charge < -0.3 is 0 Å². The molecule has 0 amide bonds. The summed E-state index contributed by atoms with van der Waals surface area (Å²) >= 11 is 0. The number of alkyl halides is 3. The standard InChI is InChI=1S/C28H18F5N3O/c29-22-10-9-17(13-25(37)16-4-1-5-18(12-16)28(31,32)33)26(30)21(22)14-24-20(7-3-11-34-24)27-19-6-2-8-23(19)35-15-36-27/h1-7,9-12,15H,8,13-14H2. The summed E-state index contributed by atoms with van der Waals surface area (Å²) < 4.78 is 69.4. The molecule has 0 atom stereocenters. The molecule has 5 rings (SSSR count). The SMILES string of the molecule is O=C(Cc1ccc(F)c(Cc2ncccc2-c2ncnc3c2C=CC3)c1F)c1cccc(C(F)(F)F)c1. The molecule has 0 saturated heterocycles. The molecule has 4 nitrogen and oxygen atoms in total. The van der Waals surface area contributed by atoms with E-state index in [0.29, 0.717) is 23.4 Å². The quantitative estimate of drug-likeness (QED) is 0.223. The first-order valence-electron chi connectivity index (χ1n) is 11.3. The van der Waals surface area contributed by atoms with E-state index in [-0.39, 0.29) is 23.1 Å². The van der Waals surface area contributed by atoms with E-state index in [9.17, 15) is 22.4 Å². The zero-order valence-electron chi connectivity index (χ0n) is 19.2. The molecule has 37 heavy (non-hydrogen) atoms. The summed E-state index contributed by atoms with van der Waals surface area (Å²) in [6.07, 6.45) is 2.07. The second-order valence-corrected chi connectivity index (χ2v) is 8.54. The Morgan fingerprint density at radius 1 is 0.973 bits per heavy atom. The lowest BCUT2D eigenvalue weighted by molar-refractivity contribution is -0.137. The van der Waals surface area contributed by atoms with Gasteiger partial charge in [0.15, 0.2) is 5.78 Å². The predicted octanol–water partition coefficient (Wildman–Crippen LogP) is 6.42. The molecule has 0 saturated carbocycles. The van der Waals surface area contributed by atoms with Crippen molar-refractivity contribution in [3.63, 3.8) is 0 Å². The van der Waals surface area contributed by atoms with Crippen molar-refractivity contribution < 1.29 is 26.7 Å². The molecule has 0 radical (unpaired) electrons. The van der Waals surface area contributed by atoms with Crippen LogP contribution in [0.1, 0.15) is 44.0 Å². The summed E-state index contributed by atoms with van der Waals surface area (Å²) in [6, 6.07) is 9.54. The first-order chi connectivity index (χ1) is 17.7. The number of allylic oxidation sites excluding steroid dienone is 1. The number of carbonyl (C=O) groups is 1. The van der Waals surface area contributed by atoms with Gasteiger partial charge in [-0.2, -0.15) is 13.2 Å². The minimum absolute atomic E-state index is 0.123. The van der Waals surface area contributed by atoms with Gasteiger partial charge in [-0.1, -0.05) is 30.4 Å². The van der Waals surface area contributed by atoms with Crippen LogP contribution in [0.25, 0.3) is 17.3 Å². The molecular weight excluding hydrogens is 489 g/mol. The van der Waals surface area contributed by atoms with Crippen molar-refractivity contribution >= 4 is 11.9 Å². The normalized spacial score (nSPS) is 12.6. The molecule has 9 heteroatoms. The van der Waals surface area contributed by atoms with Gasteiger partial charge >= 0.3 is 6.18 Å². The molecule has 0 unspecified atom stereocenters. The Hall–Kier alpha value is -4.27. The number of carbonyl (C=O) groups excluding carboxylic acids is 1. The van der Waals surface area contributed by atoms with E-state index in [2.05, 4.69) is 15.0 Å². The van der Waals surface area contributed by atoms with Crippen LogP contribution in [0.5, 0.6) is 0 Å². The van der Waals surface area contributed by atoms with E-state index in [1.807, 2.05) is 12.2 Å². The maximum atomic E-state index is 15.5. The molecule has 1 aliphatic carbocycles. The summed E-state index contributed by atoms with van der Waals surface area (Å²) in [4.78, 5) is 25.7. The van der Waals surface area contributed by atoms with E-state index in [1.165, 1.54) is 18.6 Å². The fourth-order valence-electron chi connectivity index (χ4n) is 4.32. The highest BCUT2D eigenvalue weighted by Gasteiger charge is 2.31. The Bertz CT molecular complexity index is 1550. The topological polar surface area (TPSA) is 55.7 Å². The fourth-order valence-corrected chi connectivity index (χ4v) is 4.32. The third-order valence-electron chi connectivity index (χ3n) is 6.18. The lowest BCUT2D eigenvalue weighted by atomic mass is 9.95. The van der Waals surface area contributed by atoms with Gasteiger partial charge in [0.05, 0.1) is 22.6 Å². The monoisotopic (exact) mass is 507 g/mol. The van der Waals surface area contributed by atoms with Gasteiger partial charge in [-0.05, 0) is 35.9 Å². The number of Topliss-reactive ketones (excluding diaryl/α,β-unsaturated/α-hetero) is 1. The highest BCUT2D eigenvalue weighted by Crippen LogP contribution is 2.32. The van der Waals surface area contributed by atoms with Crippen molar-refractivity contribution in [2.45, 2.75) is 25.4 Å². The molecule has 0 spiro atoms. The minimum Gasteiger partial charge on any atom is -0.294 e. The average molecular weight is 507 g/mol. The third-order valence-corrected chi connectivity index (χ3v) is 6.18. The lowest BCUT2D eigenvalue weighted by Crippen LogP contribution is -2.11. The van der Waals surface area contributed by atoms with Gasteiger partial charge in [0.25, 0.3) is 0 Å². The van der Waals surface area contributed by atoms with E-state index >= 15 is 4.39 Å². The number of fused-ring (bicyclic) bond motifs is 1. The number of halogens is 5. The van der Waals surface area contributed by atoms with Crippen LogP contribution in [0.15, 0.2) is 67.1 Å². The summed E-state index contributed by atoms with van der Waals surface area (Å²) in [5.74, 6) is -2.48. The number of hydrogen-bond donors (Lipinski definition) is 0. The van der Waals surface area contributed by atoms with Gasteiger partial charge in [-0.3, -0.25) is 9.78 Å². The number of benzene rings is 2. The van der Waals surface area contributed by atoms with Crippen LogP contribution in [0, 0.1) is 11.6 Å². The predicted molar refractivity (Wildman–Crippen MR) is 127 cm³/mol. The number of nitrogens with zero attached hydrogens (tertiary/aromatic N) is 3. The van der Waals surface area contributed by atoms with Crippen LogP contribution in [0.2, 0.25) is 0 Å². The van der Waals surface area contributed by atoms with Crippen molar-refractivity contribution in [2.75, 3.05) is 0 Å². The van der Waals surface area contributed by atoms with Crippen molar-refractivity contribution in [1.29, 1.82) is 0 Å². The molecule has 2 heterocycles. The van der Waals surface area contributed by atoms with Gasteiger partial charge in [-0.15, -0.1) is 0 Å². The average Bonchev–Trinajstić information content (AvgIpc) is 3.37. The number of aromatic nitrogens is 3. The maximum Gasteiger partial charge on any atom is 0.416 e. The highest BCUT2D eigenvalue weighted by atomic mass is 19.4. The van der Waals surface area contributed by atoms with Crippen LogP contribution in [0.4, 0.5) is 22.0 Å². The van der Waals surface area contributed by atoms with Crippen molar-refractivity contribution in [2.24, 2.45) is 0 Å². The van der Waals surface area contributed by atoms with Crippen molar-refractivity contribution in [1.82, 2.24) is 15.0 Å². The van der Waals surface area contributed by atoms with Crippen molar-refractivity contribution in [3.05, 3.63) is 118 Å². The van der Waals surface area contributed by atoms with E-state index < -0.39 is 35.6 Å². The second-order valence-electron chi connectivity index (χ2n) is 8.54. The van der Waals surface area contributed by atoms with Crippen LogP contribution in [0.3, 0.4) is 0 Å². The maximum absolute atomic E-state index is 15.5. The number of ketones is 1. The first kappa shape index (κ1) is 24.4. The molecule has 4 aromatic rings. The minimum atomic E-state index is -4.62. The lowest BCUT2D eigenvalue weighted by Gasteiger charge is -2.13. The van der Waals surface area contributed by atoms with Crippen LogP contribution in [-0.4, -0.2) is 20.7 Å². The largest absolute Gasteiger partial charge is 0.416 e. The summed E-state index contributed by atoms with van der Waals surface area (Å²) in [5, 5.41) is 0. The van der Waals surface area contributed by atoms with E-state index in [0.717, 1.165) is 41.6 Å². The van der Waals surface area contributed by atoms with Crippen LogP contribution in [-0.2, 0) is 25.4 Å². The third kappa shape index (κ3) is 4.89. The number of pyridine rings is 1. The Balaban J connectivity index is 1.47. The highest BCUT2D eigenvalue weighted by molar-refractivity contribution is 5.97. The Labute approximate surface area is 208 Å². The first-order valence-corrected chi connectivity index (χ1v) is 11.3. The molecule has 0 bridgehead atoms. The Kier molecular flexibility index (Phi) is 6.37. The molecule has 0 fully saturated rings. The molecule has 0 N–H and O–H groups in total. The second kappa shape index (κ2) is 9.65. The van der Waals surface area contributed by atoms with E-state index in [1.54, 1.807) is 12.1 Å². The van der Waals surface area contributed by atoms with Gasteiger partial charge in [-0.25, -0.2) is 18.7 Å². The fraction of sp³-hybridized carbons (Fsp3) is 0.143. The van der Waals surface area contributed by atoms with E-state index in [4.69, 9.17) is 0 Å². The van der Waals surface area contributed by atoms with Gasteiger partial charge in [0, 0.05) is 47.7 Å². The summed E-state index contributed by atoms with van der Waals surface area (Å²) in [6.45, 7) is 0. The van der Waals surface area contributed by atoms with Crippen LogP contribution >= 0.6 is 0 Å². The number of hydrogen-bond acceptors (Lipinski definition) is 4. The molecule has 2 aromatic heterocycles. The summed E-state index contributed by atoms with van der Waals surface area (Å²) in [7, 11) is 0. The molecule has 2 aromatic carbocycles. The molecule has 186 valence electrons. The van der Waals surface area contributed by atoms with Crippen molar-refractivity contribution in [3.8, 4) is 11.3 Å². The molecular formula is C28H18F5N3O. The van der Waals surface area contributed by atoms with Crippen LogP contribution < -0.4 is 0 Å². The van der Waals surface area contributed by atoms with Gasteiger partial charge in [0.2, 0.25) is 0 Å². The van der Waals surface area contributed by atoms with Gasteiger partial charge in [0.1, 0.15) is 18.0 Å². The number of rotatable bonds is 6. The molecule has 1 aliphatic rings. The zero-order valence-corrected chi connectivity index (χ0v) is 19.2. The Morgan fingerprint density at radius 2 is 1.81 bits per heavy atom. The molecule has 0 aliphatic heterocycles.